The third-order valence-corrected chi connectivity index (χ3v) is 17.3. The van der Waals surface area contributed by atoms with Crippen LogP contribution in [0, 0.1) is 11.8 Å². The zero-order valence-corrected chi connectivity index (χ0v) is 57.6. The quantitative estimate of drug-likeness (QED) is 0.0169. The Morgan fingerprint density at radius 1 is 0.379 bits per heavy atom. The Bertz CT molecular complexity index is 1800. The van der Waals surface area contributed by atoms with Crippen LogP contribution in [0.3, 0.4) is 0 Å². The van der Waals surface area contributed by atoms with E-state index in [1.165, 1.54) is 122 Å². The van der Waals surface area contributed by atoms with Crippen LogP contribution >= 0.6 is 15.6 Å². The van der Waals surface area contributed by atoms with Gasteiger partial charge < -0.3 is 33.8 Å². The van der Waals surface area contributed by atoms with Gasteiger partial charge in [-0.2, -0.15) is 0 Å². The van der Waals surface area contributed by atoms with Crippen molar-refractivity contribution in [2.75, 3.05) is 39.6 Å². The molecular formula is C68H128O17P2. The van der Waals surface area contributed by atoms with Gasteiger partial charge in [-0.3, -0.25) is 37.3 Å². The summed E-state index contributed by atoms with van der Waals surface area (Å²) in [5.74, 6) is -0.670. The van der Waals surface area contributed by atoms with Gasteiger partial charge in [0.25, 0.3) is 0 Å². The number of unbranched alkanes of at least 4 members (excludes halogenated alkanes) is 31. The van der Waals surface area contributed by atoms with Crippen molar-refractivity contribution in [1.29, 1.82) is 0 Å². The maximum atomic E-state index is 13.0. The van der Waals surface area contributed by atoms with E-state index in [-0.39, 0.29) is 25.7 Å². The fourth-order valence-corrected chi connectivity index (χ4v) is 11.2. The molecular weight excluding hydrogens is 1150 g/mol. The van der Waals surface area contributed by atoms with Gasteiger partial charge in [0, 0.05) is 25.7 Å². The van der Waals surface area contributed by atoms with Crippen molar-refractivity contribution < 1.29 is 80.2 Å². The zero-order valence-electron chi connectivity index (χ0n) is 55.8. The third-order valence-electron chi connectivity index (χ3n) is 15.4. The molecule has 0 aliphatic rings. The summed E-state index contributed by atoms with van der Waals surface area (Å²) < 4.78 is 68.1. The molecule has 0 fully saturated rings. The van der Waals surface area contributed by atoms with E-state index in [1.54, 1.807) is 0 Å². The fourth-order valence-electron chi connectivity index (χ4n) is 9.67. The van der Waals surface area contributed by atoms with Crippen molar-refractivity contribution in [1.82, 2.24) is 0 Å². The molecule has 0 bridgehead atoms. The van der Waals surface area contributed by atoms with Crippen LogP contribution < -0.4 is 0 Å². The maximum absolute atomic E-state index is 13.0. The SMILES string of the molecule is CCCCCC/C=C\C=C/CCCCCCCC(=O)O[C@H](COC(=O)CCCCCCCCCCC(C)CC)COP(=O)(O)OC[C@@H](O)COP(=O)(O)OC[C@@H](COC(=O)CCCCCCCCCCC)OC(=O)CCCCCCCCCCC(C)C. The summed E-state index contributed by atoms with van der Waals surface area (Å²) in [6.45, 7) is 9.40. The molecule has 0 heterocycles. The molecule has 0 aliphatic carbocycles. The van der Waals surface area contributed by atoms with Crippen molar-refractivity contribution in [3.05, 3.63) is 24.3 Å². The second kappa shape index (κ2) is 59.8. The lowest BCUT2D eigenvalue weighted by Gasteiger charge is -2.21. The molecule has 3 unspecified atom stereocenters. The highest BCUT2D eigenvalue weighted by Gasteiger charge is 2.30. The molecule has 0 spiro atoms. The summed E-state index contributed by atoms with van der Waals surface area (Å²) in [4.78, 5) is 72.4. The normalized spacial score (nSPS) is 14.7. The highest BCUT2D eigenvalue weighted by atomic mass is 31.2. The van der Waals surface area contributed by atoms with E-state index in [2.05, 4.69) is 65.8 Å². The van der Waals surface area contributed by atoms with Crippen molar-refractivity contribution >= 4 is 39.5 Å². The minimum absolute atomic E-state index is 0.0843. The predicted octanol–water partition coefficient (Wildman–Crippen LogP) is 18.8. The first kappa shape index (κ1) is 84.5. The predicted molar refractivity (Wildman–Crippen MR) is 349 cm³/mol. The molecule has 0 saturated carbocycles. The van der Waals surface area contributed by atoms with Crippen LogP contribution in [0.1, 0.15) is 318 Å². The lowest BCUT2D eigenvalue weighted by Crippen LogP contribution is -2.30. The van der Waals surface area contributed by atoms with Gasteiger partial charge in [0.15, 0.2) is 12.2 Å². The van der Waals surface area contributed by atoms with Crippen LogP contribution in [0.15, 0.2) is 24.3 Å². The summed E-state index contributed by atoms with van der Waals surface area (Å²) in [5.41, 5.74) is 0. The van der Waals surface area contributed by atoms with E-state index >= 15 is 0 Å². The topological polar surface area (TPSA) is 237 Å². The summed E-state index contributed by atoms with van der Waals surface area (Å²) >= 11 is 0. The second-order valence-corrected chi connectivity index (χ2v) is 27.5. The molecule has 19 heteroatoms. The Morgan fingerprint density at radius 3 is 1.03 bits per heavy atom. The Balaban J connectivity index is 5.29. The fraction of sp³-hybridized carbons (Fsp3) is 0.882. The Morgan fingerprint density at radius 2 is 0.678 bits per heavy atom. The minimum Gasteiger partial charge on any atom is -0.462 e. The Hall–Kier alpha value is -2.46. The molecule has 512 valence electrons. The Kier molecular flexibility index (Phi) is 58.1. The van der Waals surface area contributed by atoms with E-state index in [9.17, 15) is 43.2 Å². The number of aliphatic hydroxyl groups is 1. The van der Waals surface area contributed by atoms with E-state index in [1.807, 2.05) is 0 Å². The number of ether oxygens (including phenoxy) is 4. The van der Waals surface area contributed by atoms with Gasteiger partial charge in [-0.15, -0.1) is 0 Å². The average Bonchev–Trinajstić information content (AvgIpc) is 3.58. The van der Waals surface area contributed by atoms with Gasteiger partial charge in [0.2, 0.25) is 0 Å². The summed E-state index contributed by atoms with van der Waals surface area (Å²) in [5, 5.41) is 10.6. The van der Waals surface area contributed by atoms with Gasteiger partial charge in [-0.1, -0.05) is 265 Å². The molecule has 87 heavy (non-hydrogen) atoms. The highest BCUT2D eigenvalue weighted by molar-refractivity contribution is 7.47. The first-order valence-electron chi connectivity index (χ1n) is 34.8. The maximum Gasteiger partial charge on any atom is 0.472 e. The van der Waals surface area contributed by atoms with Crippen LogP contribution in [0.4, 0.5) is 0 Å². The van der Waals surface area contributed by atoms with Gasteiger partial charge in [0.1, 0.15) is 19.3 Å². The van der Waals surface area contributed by atoms with Crippen molar-refractivity contribution in [2.24, 2.45) is 11.8 Å². The summed E-state index contributed by atoms with van der Waals surface area (Å²) in [6, 6.07) is 0. The van der Waals surface area contributed by atoms with Crippen LogP contribution in [0.5, 0.6) is 0 Å². The van der Waals surface area contributed by atoms with Gasteiger partial charge in [-0.05, 0) is 63.2 Å². The van der Waals surface area contributed by atoms with Crippen LogP contribution in [0.2, 0.25) is 0 Å². The average molecular weight is 1280 g/mol. The lowest BCUT2D eigenvalue weighted by atomic mass is 9.99. The third kappa shape index (κ3) is 60.9. The number of esters is 4. The smallest absolute Gasteiger partial charge is 0.462 e. The van der Waals surface area contributed by atoms with Gasteiger partial charge in [-0.25, -0.2) is 9.13 Å². The number of allylic oxidation sites excluding steroid dienone is 4. The van der Waals surface area contributed by atoms with Crippen LogP contribution in [-0.2, 0) is 65.4 Å². The molecule has 0 rings (SSSR count). The molecule has 6 atom stereocenters. The minimum atomic E-state index is -4.96. The first-order chi connectivity index (χ1) is 41.9. The number of phosphoric acid groups is 2. The molecule has 17 nitrogen and oxygen atoms in total. The number of aliphatic hydroxyl groups excluding tert-OH is 1. The zero-order chi connectivity index (χ0) is 64.3. The Labute approximate surface area is 529 Å². The molecule has 0 aliphatic heterocycles. The molecule has 0 saturated heterocycles. The van der Waals surface area contributed by atoms with Crippen molar-refractivity contribution in [3.63, 3.8) is 0 Å². The second-order valence-electron chi connectivity index (χ2n) is 24.6. The molecule has 0 amide bonds. The molecule has 0 radical (unpaired) electrons. The number of hydrogen-bond donors (Lipinski definition) is 3. The van der Waals surface area contributed by atoms with E-state index < -0.39 is 97.5 Å². The van der Waals surface area contributed by atoms with Crippen molar-refractivity contribution in [3.8, 4) is 0 Å². The lowest BCUT2D eigenvalue weighted by molar-refractivity contribution is -0.161. The van der Waals surface area contributed by atoms with Crippen LogP contribution in [-0.4, -0.2) is 96.7 Å². The van der Waals surface area contributed by atoms with Crippen molar-refractivity contribution in [2.45, 2.75) is 336 Å². The molecule has 0 aromatic carbocycles. The molecule has 3 N–H and O–H groups in total. The van der Waals surface area contributed by atoms with Crippen LogP contribution in [0.25, 0.3) is 0 Å². The van der Waals surface area contributed by atoms with E-state index in [0.717, 1.165) is 115 Å². The highest BCUT2D eigenvalue weighted by Crippen LogP contribution is 2.45. The monoisotopic (exact) mass is 1280 g/mol. The molecule has 0 aromatic heterocycles. The number of hydrogen-bond acceptors (Lipinski definition) is 15. The van der Waals surface area contributed by atoms with Gasteiger partial charge in [0.05, 0.1) is 26.4 Å². The number of phosphoric ester groups is 2. The number of rotatable bonds is 65. The molecule has 0 aromatic rings. The number of carbonyl (C=O) groups is 4. The van der Waals surface area contributed by atoms with E-state index in [0.29, 0.717) is 25.7 Å². The summed E-state index contributed by atoms with van der Waals surface area (Å²) in [6.07, 6.45) is 46.6. The summed E-state index contributed by atoms with van der Waals surface area (Å²) in [7, 11) is -9.91. The van der Waals surface area contributed by atoms with Gasteiger partial charge >= 0.3 is 39.5 Å². The standard InChI is InChI=1S/C68H128O17P2/c1-7-10-12-14-16-18-19-20-21-22-23-25-34-40-46-52-67(72)84-63(57-79-66(71)51-45-39-33-29-27-31-37-43-49-61(6)9-3)58-82-86(74,75)80-54-62(69)55-81-87(76,77)83-59-64(56-78-65(70)50-44-38-32-24-17-15-13-11-8-2)85-68(73)53-47-41-35-28-26-30-36-42-48-60(4)5/h18-21,60-64,69H,7-17,22-59H2,1-6H3,(H,74,75)(H,76,77)/b19-18-,21-20-/t61?,62-,63-,64-/m1/s1. The number of carbonyl (C=O) groups excluding carboxylic acids is 4. The van der Waals surface area contributed by atoms with E-state index in [4.69, 9.17) is 37.0 Å². The first-order valence-corrected chi connectivity index (χ1v) is 37.8. The largest absolute Gasteiger partial charge is 0.472 e.